The van der Waals surface area contributed by atoms with E-state index in [0.717, 1.165) is 10.9 Å². The van der Waals surface area contributed by atoms with Crippen molar-refractivity contribution in [3.05, 3.63) is 48.0 Å². The summed E-state index contributed by atoms with van der Waals surface area (Å²) in [5.74, 6) is 0.537. The zero-order chi connectivity index (χ0) is 15.3. The maximum absolute atomic E-state index is 12.0. The zero-order valence-corrected chi connectivity index (χ0v) is 13.2. The van der Waals surface area contributed by atoms with E-state index in [1.54, 1.807) is 18.7 Å². The number of carbonyl (C=O) groups excluding carboxylic acids is 1. The number of fused-ring (bicyclic) bond motifs is 1. The Labute approximate surface area is 129 Å². The first-order valence-corrected chi connectivity index (χ1v) is 8.35. The quantitative estimate of drug-likeness (QED) is 0.862. The lowest BCUT2D eigenvalue weighted by molar-refractivity contribution is -0.121. The van der Waals surface area contributed by atoms with Crippen LogP contribution in [0.5, 0.6) is 0 Å². The molecule has 1 amide bonds. The Morgan fingerprint density at radius 1 is 1.24 bits per heavy atom. The van der Waals surface area contributed by atoms with Gasteiger partial charge in [0, 0.05) is 12.3 Å². The van der Waals surface area contributed by atoms with E-state index in [-0.39, 0.29) is 12.5 Å². The van der Waals surface area contributed by atoms with Crippen LogP contribution in [-0.4, -0.2) is 35.2 Å². The van der Waals surface area contributed by atoms with Gasteiger partial charge in [-0.15, -0.1) is 0 Å². The van der Waals surface area contributed by atoms with E-state index in [2.05, 4.69) is 11.4 Å². The molecule has 0 heterocycles. The van der Waals surface area contributed by atoms with Crippen molar-refractivity contribution in [3.63, 3.8) is 0 Å². The van der Waals surface area contributed by atoms with Crippen molar-refractivity contribution < 1.29 is 9.90 Å². The van der Waals surface area contributed by atoms with E-state index in [0.29, 0.717) is 12.2 Å². The molecule has 0 saturated heterocycles. The summed E-state index contributed by atoms with van der Waals surface area (Å²) >= 11 is 1.56. The van der Waals surface area contributed by atoms with Gasteiger partial charge in [0.25, 0.3) is 0 Å². The number of hydrogen-bond donors (Lipinski definition) is 2. The molecule has 21 heavy (non-hydrogen) atoms. The Balaban J connectivity index is 1.95. The van der Waals surface area contributed by atoms with Crippen LogP contribution in [0.1, 0.15) is 12.5 Å². The highest BCUT2D eigenvalue weighted by Crippen LogP contribution is 2.16. The van der Waals surface area contributed by atoms with Crippen LogP contribution in [-0.2, 0) is 11.2 Å². The van der Waals surface area contributed by atoms with Crippen LogP contribution in [0.25, 0.3) is 10.8 Å². The number of hydrogen-bond acceptors (Lipinski definition) is 3. The minimum atomic E-state index is -0.863. The topological polar surface area (TPSA) is 49.3 Å². The fourth-order valence-corrected chi connectivity index (χ4v) is 2.97. The fraction of sp³-hybridized carbons (Fsp3) is 0.353. The highest BCUT2D eigenvalue weighted by Gasteiger charge is 2.20. The van der Waals surface area contributed by atoms with Crippen molar-refractivity contribution in [2.24, 2.45) is 0 Å². The third kappa shape index (κ3) is 4.76. The summed E-state index contributed by atoms with van der Waals surface area (Å²) in [5, 5.41) is 15.1. The van der Waals surface area contributed by atoms with Crippen LogP contribution < -0.4 is 5.32 Å². The molecular formula is C17H21NO2S. The van der Waals surface area contributed by atoms with E-state index >= 15 is 0 Å². The molecule has 4 heteroatoms. The number of amides is 1. The molecule has 2 N–H and O–H groups in total. The monoisotopic (exact) mass is 303 g/mol. The first kappa shape index (κ1) is 15.9. The lowest BCUT2D eigenvalue weighted by Gasteiger charge is -2.22. The van der Waals surface area contributed by atoms with Crippen molar-refractivity contribution in [2.45, 2.75) is 18.9 Å². The molecular weight excluding hydrogens is 282 g/mol. The lowest BCUT2D eigenvalue weighted by Crippen LogP contribution is -2.42. The number of nitrogens with one attached hydrogen (secondary N) is 1. The Morgan fingerprint density at radius 3 is 2.67 bits per heavy atom. The lowest BCUT2D eigenvalue weighted by atomic mass is 10.0. The van der Waals surface area contributed by atoms with Crippen molar-refractivity contribution in [2.75, 3.05) is 18.6 Å². The van der Waals surface area contributed by atoms with E-state index in [9.17, 15) is 9.90 Å². The van der Waals surface area contributed by atoms with Crippen LogP contribution in [0.15, 0.2) is 42.5 Å². The molecule has 2 rings (SSSR count). The van der Waals surface area contributed by atoms with Crippen molar-refractivity contribution >= 4 is 28.4 Å². The molecule has 0 aromatic heterocycles. The summed E-state index contributed by atoms with van der Waals surface area (Å²) in [6, 6.07) is 14.1. The number of rotatable bonds is 6. The average Bonchev–Trinajstić information content (AvgIpc) is 2.45. The summed E-state index contributed by atoms with van der Waals surface area (Å²) < 4.78 is 0. The second kappa shape index (κ2) is 6.96. The van der Waals surface area contributed by atoms with E-state index < -0.39 is 5.60 Å². The summed E-state index contributed by atoms with van der Waals surface area (Å²) in [7, 11) is 0. The number of benzene rings is 2. The van der Waals surface area contributed by atoms with Gasteiger partial charge in [-0.3, -0.25) is 4.79 Å². The molecule has 112 valence electrons. The maximum atomic E-state index is 12.0. The van der Waals surface area contributed by atoms with Gasteiger partial charge in [0.2, 0.25) is 5.91 Å². The van der Waals surface area contributed by atoms with E-state index in [1.807, 2.05) is 42.7 Å². The molecule has 0 fully saturated rings. The normalized spacial score (nSPS) is 13.9. The van der Waals surface area contributed by atoms with Gasteiger partial charge < -0.3 is 10.4 Å². The third-order valence-corrected chi connectivity index (χ3v) is 4.21. The minimum absolute atomic E-state index is 0.0633. The highest BCUT2D eigenvalue weighted by molar-refractivity contribution is 7.98. The second-order valence-corrected chi connectivity index (χ2v) is 6.43. The maximum Gasteiger partial charge on any atom is 0.224 e. The van der Waals surface area contributed by atoms with Gasteiger partial charge in [-0.05, 0) is 29.5 Å². The molecule has 1 unspecified atom stereocenters. The third-order valence-electron chi connectivity index (χ3n) is 3.30. The molecule has 0 radical (unpaired) electrons. The first-order chi connectivity index (χ1) is 10.00. The smallest absolute Gasteiger partial charge is 0.224 e. The number of thioether (sulfide) groups is 1. The largest absolute Gasteiger partial charge is 0.387 e. The number of carbonyl (C=O) groups is 1. The Kier molecular flexibility index (Phi) is 5.26. The van der Waals surface area contributed by atoms with Crippen LogP contribution in [0.4, 0.5) is 0 Å². The minimum Gasteiger partial charge on any atom is -0.387 e. The zero-order valence-electron chi connectivity index (χ0n) is 12.4. The standard InChI is InChI=1S/C17H21NO2S/c1-17(20,12-21-2)11-18-16(19)10-13-7-8-14-5-3-4-6-15(14)9-13/h3-9,20H,10-12H2,1-2H3,(H,18,19). The fourth-order valence-electron chi connectivity index (χ4n) is 2.25. The molecule has 0 aliphatic carbocycles. The Bertz CT molecular complexity index is 625. The molecule has 0 aliphatic heterocycles. The van der Waals surface area contributed by atoms with E-state index in [4.69, 9.17) is 0 Å². The summed E-state index contributed by atoms with van der Waals surface area (Å²) in [6.07, 6.45) is 2.27. The molecule has 3 nitrogen and oxygen atoms in total. The molecule has 0 bridgehead atoms. The van der Waals surface area contributed by atoms with Gasteiger partial charge in [0.15, 0.2) is 0 Å². The second-order valence-electron chi connectivity index (χ2n) is 5.56. The van der Waals surface area contributed by atoms with Crippen LogP contribution in [0, 0.1) is 0 Å². The molecule has 0 aliphatic rings. The van der Waals surface area contributed by atoms with Gasteiger partial charge >= 0.3 is 0 Å². The summed E-state index contributed by atoms with van der Waals surface area (Å²) in [6.45, 7) is 2.01. The van der Waals surface area contributed by atoms with Gasteiger partial charge in [-0.25, -0.2) is 0 Å². The van der Waals surface area contributed by atoms with Gasteiger partial charge in [0.1, 0.15) is 0 Å². The molecule has 0 saturated carbocycles. The van der Waals surface area contributed by atoms with Crippen LogP contribution >= 0.6 is 11.8 Å². The molecule has 2 aromatic carbocycles. The van der Waals surface area contributed by atoms with Gasteiger partial charge in [-0.2, -0.15) is 11.8 Å². The van der Waals surface area contributed by atoms with Gasteiger partial charge in [0.05, 0.1) is 12.0 Å². The first-order valence-electron chi connectivity index (χ1n) is 6.96. The van der Waals surface area contributed by atoms with Gasteiger partial charge in [-0.1, -0.05) is 42.5 Å². The van der Waals surface area contributed by atoms with Crippen LogP contribution in [0.3, 0.4) is 0 Å². The summed E-state index contributed by atoms with van der Waals surface area (Å²) in [4.78, 5) is 12.0. The SMILES string of the molecule is CSCC(C)(O)CNC(=O)Cc1ccc2ccccc2c1. The molecule has 1 atom stereocenters. The molecule has 2 aromatic rings. The number of aliphatic hydroxyl groups is 1. The Morgan fingerprint density at radius 2 is 1.95 bits per heavy atom. The highest BCUT2D eigenvalue weighted by atomic mass is 32.2. The average molecular weight is 303 g/mol. The van der Waals surface area contributed by atoms with E-state index in [1.165, 1.54) is 5.39 Å². The molecule has 0 spiro atoms. The van der Waals surface area contributed by atoms with Crippen LogP contribution in [0.2, 0.25) is 0 Å². The van der Waals surface area contributed by atoms with Crippen molar-refractivity contribution in [1.29, 1.82) is 0 Å². The summed E-state index contributed by atoms with van der Waals surface area (Å²) in [5.41, 5.74) is 0.120. The predicted molar refractivity (Wildman–Crippen MR) is 89.7 cm³/mol. The Hall–Kier alpha value is -1.52. The van der Waals surface area contributed by atoms with Crippen molar-refractivity contribution in [1.82, 2.24) is 5.32 Å². The predicted octanol–water partition coefficient (Wildman–Crippen LogP) is 2.61. The van der Waals surface area contributed by atoms with Crippen molar-refractivity contribution in [3.8, 4) is 0 Å².